The van der Waals surface area contributed by atoms with Crippen molar-refractivity contribution in [3.8, 4) is 6.07 Å². The third kappa shape index (κ3) is 3.43. The molecular weight excluding hydrogens is 212 g/mol. The van der Waals surface area contributed by atoms with E-state index in [1.54, 1.807) is 0 Å². The second kappa shape index (κ2) is 6.37. The zero-order valence-electron chi connectivity index (χ0n) is 10.6. The summed E-state index contributed by atoms with van der Waals surface area (Å²) in [6.07, 6.45) is 8.99. The van der Waals surface area contributed by atoms with E-state index in [0.717, 1.165) is 32.2 Å². The number of nitriles is 1. The maximum atomic E-state index is 9.92. The number of hydrogen-bond acceptors (Lipinski definition) is 3. The fourth-order valence-corrected chi connectivity index (χ4v) is 3.26. The van der Waals surface area contributed by atoms with Crippen LogP contribution in [0, 0.1) is 23.2 Å². The molecule has 0 aromatic carbocycles. The molecule has 2 aliphatic carbocycles. The summed E-state index contributed by atoms with van der Waals surface area (Å²) >= 11 is 0. The summed E-state index contributed by atoms with van der Waals surface area (Å²) in [5.74, 6) is 0.592. The van der Waals surface area contributed by atoms with Crippen molar-refractivity contribution < 1.29 is 5.11 Å². The number of nitrogens with zero attached hydrogens (tertiary/aromatic N) is 1. The molecule has 0 bridgehead atoms. The van der Waals surface area contributed by atoms with Crippen molar-refractivity contribution in [2.75, 3.05) is 6.54 Å². The van der Waals surface area contributed by atoms with Crippen molar-refractivity contribution in [3.05, 3.63) is 0 Å². The van der Waals surface area contributed by atoms with Gasteiger partial charge in [-0.3, -0.25) is 0 Å². The molecule has 4 unspecified atom stereocenters. The maximum Gasteiger partial charge on any atom is 0.0672 e. The highest BCUT2D eigenvalue weighted by atomic mass is 16.3. The van der Waals surface area contributed by atoms with Crippen molar-refractivity contribution >= 4 is 0 Å². The van der Waals surface area contributed by atoms with E-state index in [4.69, 9.17) is 5.26 Å². The summed E-state index contributed by atoms with van der Waals surface area (Å²) in [5.41, 5.74) is 0. The van der Waals surface area contributed by atoms with Gasteiger partial charge in [-0.15, -0.1) is 0 Å². The second-order valence-corrected chi connectivity index (χ2v) is 5.65. The SMILES string of the molecule is N#CC1CCCCC1NCC1CCCCC1O. The lowest BCUT2D eigenvalue weighted by Crippen LogP contribution is -2.43. The van der Waals surface area contributed by atoms with Gasteiger partial charge in [-0.1, -0.05) is 25.7 Å². The molecule has 96 valence electrons. The fraction of sp³-hybridized carbons (Fsp3) is 0.929. The first-order valence-electron chi connectivity index (χ1n) is 7.12. The first kappa shape index (κ1) is 12.9. The predicted molar refractivity (Wildman–Crippen MR) is 67.3 cm³/mol. The normalized spacial score (nSPS) is 38.6. The Balaban J connectivity index is 1.78. The van der Waals surface area contributed by atoms with E-state index in [-0.39, 0.29) is 12.0 Å². The lowest BCUT2D eigenvalue weighted by Gasteiger charge is -2.32. The summed E-state index contributed by atoms with van der Waals surface area (Å²) in [5, 5.41) is 22.6. The van der Waals surface area contributed by atoms with Crippen molar-refractivity contribution in [2.45, 2.75) is 63.5 Å². The number of nitrogens with one attached hydrogen (secondary N) is 1. The Kier molecular flexibility index (Phi) is 4.82. The summed E-state index contributed by atoms with van der Waals surface area (Å²) in [4.78, 5) is 0. The van der Waals surface area contributed by atoms with E-state index in [9.17, 15) is 5.11 Å². The topological polar surface area (TPSA) is 56.0 Å². The number of aliphatic hydroxyl groups excluding tert-OH is 1. The largest absolute Gasteiger partial charge is 0.393 e. The molecule has 0 aromatic rings. The molecule has 3 nitrogen and oxygen atoms in total. The van der Waals surface area contributed by atoms with Gasteiger partial charge in [0.25, 0.3) is 0 Å². The van der Waals surface area contributed by atoms with Crippen molar-refractivity contribution in [1.29, 1.82) is 5.26 Å². The standard InChI is InChI=1S/C14H24N2O/c15-9-11-5-1-3-7-13(11)16-10-12-6-2-4-8-14(12)17/h11-14,16-17H,1-8,10H2. The monoisotopic (exact) mass is 236 g/mol. The van der Waals surface area contributed by atoms with Gasteiger partial charge in [-0.05, 0) is 31.6 Å². The van der Waals surface area contributed by atoms with Gasteiger partial charge in [-0.25, -0.2) is 0 Å². The minimum absolute atomic E-state index is 0.125. The fourth-order valence-electron chi connectivity index (χ4n) is 3.26. The number of hydrogen-bond donors (Lipinski definition) is 2. The summed E-state index contributed by atoms with van der Waals surface area (Å²) < 4.78 is 0. The van der Waals surface area contributed by atoms with Crippen LogP contribution in [0.25, 0.3) is 0 Å². The van der Waals surface area contributed by atoms with Crippen LogP contribution < -0.4 is 5.32 Å². The summed E-state index contributed by atoms with van der Waals surface area (Å²) in [6.45, 7) is 0.893. The average molecular weight is 236 g/mol. The van der Waals surface area contributed by atoms with Crippen molar-refractivity contribution in [1.82, 2.24) is 5.32 Å². The van der Waals surface area contributed by atoms with E-state index in [0.29, 0.717) is 12.0 Å². The van der Waals surface area contributed by atoms with Gasteiger partial charge in [-0.2, -0.15) is 5.26 Å². The lowest BCUT2D eigenvalue weighted by molar-refractivity contribution is 0.0663. The highest BCUT2D eigenvalue weighted by Gasteiger charge is 2.27. The van der Waals surface area contributed by atoms with Crippen LogP contribution in [-0.2, 0) is 0 Å². The van der Waals surface area contributed by atoms with E-state index in [1.807, 2.05) is 0 Å². The van der Waals surface area contributed by atoms with E-state index in [1.165, 1.54) is 25.7 Å². The van der Waals surface area contributed by atoms with E-state index >= 15 is 0 Å². The molecular formula is C14H24N2O. The molecule has 0 spiro atoms. The predicted octanol–water partition coefficient (Wildman–Crippen LogP) is 2.21. The number of rotatable bonds is 3. The molecule has 17 heavy (non-hydrogen) atoms. The van der Waals surface area contributed by atoms with Gasteiger partial charge < -0.3 is 10.4 Å². The van der Waals surface area contributed by atoms with Crippen LogP contribution in [-0.4, -0.2) is 23.8 Å². The Morgan fingerprint density at radius 1 is 1.06 bits per heavy atom. The zero-order chi connectivity index (χ0) is 12.1. The molecule has 0 radical (unpaired) electrons. The van der Waals surface area contributed by atoms with Crippen LogP contribution in [0.5, 0.6) is 0 Å². The van der Waals surface area contributed by atoms with Gasteiger partial charge >= 0.3 is 0 Å². The molecule has 0 aromatic heterocycles. The van der Waals surface area contributed by atoms with E-state index in [2.05, 4.69) is 11.4 Å². The third-order valence-electron chi connectivity index (χ3n) is 4.44. The van der Waals surface area contributed by atoms with Gasteiger partial charge in [0.15, 0.2) is 0 Å². The molecule has 0 aliphatic heterocycles. The minimum Gasteiger partial charge on any atom is -0.393 e. The third-order valence-corrected chi connectivity index (χ3v) is 4.44. The Labute approximate surface area is 104 Å². The molecule has 0 heterocycles. The Bertz CT molecular complexity index is 274. The molecule has 0 amide bonds. The van der Waals surface area contributed by atoms with Crippen LogP contribution in [0.3, 0.4) is 0 Å². The van der Waals surface area contributed by atoms with Crippen molar-refractivity contribution in [2.24, 2.45) is 11.8 Å². The minimum atomic E-state index is -0.125. The van der Waals surface area contributed by atoms with Gasteiger partial charge in [0, 0.05) is 12.6 Å². The second-order valence-electron chi connectivity index (χ2n) is 5.65. The summed E-state index contributed by atoms with van der Waals surface area (Å²) in [6, 6.07) is 2.79. The molecule has 2 rings (SSSR count). The zero-order valence-corrected chi connectivity index (χ0v) is 10.6. The molecule has 4 atom stereocenters. The quantitative estimate of drug-likeness (QED) is 0.790. The average Bonchev–Trinajstić information content (AvgIpc) is 2.38. The Morgan fingerprint density at radius 3 is 2.53 bits per heavy atom. The first-order valence-corrected chi connectivity index (χ1v) is 7.12. The molecule has 2 N–H and O–H groups in total. The van der Waals surface area contributed by atoms with Crippen molar-refractivity contribution in [3.63, 3.8) is 0 Å². The molecule has 0 saturated heterocycles. The Hall–Kier alpha value is -0.590. The highest BCUT2D eigenvalue weighted by Crippen LogP contribution is 2.26. The number of aliphatic hydroxyl groups is 1. The van der Waals surface area contributed by atoms with Crippen LogP contribution in [0.15, 0.2) is 0 Å². The smallest absolute Gasteiger partial charge is 0.0672 e. The highest BCUT2D eigenvalue weighted by molar-refractivity contribution is 4.95. The first-order chi connectivity index (χ1) is 8.31. The molecule has 3 heteroatoms. The van der Waals surface area contributed by atoms with Crippen LogP contribution in [0.1, 0.15) is 51.4 Å². The molecule has 2 aliphatic rings. The van der Waals surface area contributed by atoms with Gasteiger partial charge in [0.1, 0.15) is 0 Å². The van der Waals surface area contributed by atoms with Gasteiger partial charge in [0.2, 0.25) is 0 Å². The van der Waals surface area contributed by atoms with Crippen LogP contribution >= 0.6 is 0 Å². The lowest BCUT2D eigenvalue weighted by atomic mass is 9.83. The maximum absolute atomic E-state index is 9.92. The van der Waals surface area contributed by atoms with Gasteiger partial charge in [0.05, 0.1) is 18.1 Å². The molecule has 2 saturated carbocycles. The molecule has 2 fully saturated rings. The van der Waals surface area contributed by atoms with E-state index < -0.39 is 0 Å². The summed E-state index contributed by atoms with van der Waals surface area (Å²) in [7, 11) is 0. The van der Waals surface area contributed by atoms with Crippen LogP contribution in [0.2, 0.25) is 0 Å². The van der Waals surface area contributed by atoms with Crippen LogP contribution in [0.4, 0.5) is 0 Å². The Morgan fingerprint density at radius 2 is 1.76 bits per heavy atom.